The average molecular weight is 268 g/mol. The third-order valence-corrected chi connectivity index (χ3v) is 4.69. The Kier molecular flexibility index (Phi) is 4.71. The SMILES string of the molecule is CN1CCN(N2CCCCC2)C(N2CCOCC2)C1. The maximum Gasteiger partial charge on any atom is 0.0890 e. The minimum Gasteiger partial charge on any atom is -0.379 e. The summed E-state index contributed by atoms with van der Waals surface area (Å²) in [5.74, 6) is 0. The van der Waals surface area contributed by atoms with Gasteiger partial charge in [0.25, 0.3) is 0 Å². The molecule has 3 aliphatic heterocycles. The highest BCUT2D eigenvalue weighted by Gasteiger charge is 2.34. The van der Waals surface area contributed by atoms with Crippen LogP contribution in [0.15, 0.2) is 0 Å². The molecule has 5 nitrogen and oxygen atoms in total. The second-order valence-electron chi connectivity index (χ2n) is 6.07. The average Bonchev–Trinajstić information content (AvgIpc) is 2.49. The maximum atomic E-state index is 5.51. The summed E-state index contributed by atoms with van der Waals surface area (Å²) in [6.07, 6.45) is 4.69. The van der Waals surface area contributed by atoms with Crippen molar-refractivity contribution >= 4 is 0 Å². The van der Waals surface area contributed by atoms with Crippen LogP contribution in [-0.4, -0.2) is 92.1 Å². The number of likely N-dealkylation sites (N-methyl/N-ethyl adjacent to an activating group) is 1. The van der Waals surface area contributed by atoms with E-state index in [0.717, 1.165) is 32.8 Å². The standard InChI is InChI=1S/C14H28N4O/c1-15-7-8-18(17-5-3-2-4-6-17)14(13-15)16-9-11-19-12-10-16/h14H,2-13H2,1H3. The Bertz CT molecular complexity index is 277. The van der Waals surface area contributed by atoms with Crippen LogP contribution in [0.3, 0.4) is 0 Å². The molecule has 110 valence electrons. The quantitative estimate of drug-likeness (QED) is 0.716. The van der Waals surface area contributed by atoms with Crippen molar-refractivity contribution in [2.24, 2.45) is 0 Å². The normalized spacial score (nSPS) is 33.6. The predicted molar refractivity (Wildman–Crippen MR) is 75.8 cm³/mol. The van der Waals surface area contributed by atoms with Crippen molar-refractivity contribution in [1.82, 2.24) is 19.8 Å². The van der Waals surface area contributed by atoms with Gasteiger partial charge in [-0.2, -0.15) is 0 Å². The highest BCUT2D eigenvalue weighted by Crippen LogP contribution is 2.20. The molecule has 0 aliphatic carbocycles. The molecule has 3 rings (SSSR count). The van der Waals surface area contributed by atoms with Crippen LogP contribution < -0.4 is 0 Å². The summed E-state index contributed by atoms with van der Waals surface area (Å²) in [7, 11) is 2.25. The van der Waals surface area contributed by atoms with E-state index in [1.165, 1.54) is 45.4 Å². The molecule has 3 heterocycles. The summed E-state index contributed by atoms with van der Waals surface area (Å²) >= 11 is 0. The van der Waals surface area contributed by atoms with Crippen LogP contribution in [-0.2, 0) is 4.74 Å². The van der Waals surface area contributed by atoms with Crippen molar-refractivity contribution in [3.63, 3.8) is 0 Å². The molecule has 5 heteroatoms. The lowest BCUT2D eigenvalue weighted by atomic mass is 10.1. The zero-order chi connectivity index (χ0) is 13.1. The van der Waals surface area contributed by atoms with Crippen LogP contribution in [0.25, 0.3) is 0 Å². The molecule has 0 bridgehead atoms. The van der Waals surface area contributed by atoms with Gasteiger partial charge < -0.3 is 9.64 Å². The molecule has 0 N–H and O–H groups in total. The number of nitrogens with zero attached hydrogens (tertiary/aromatic N) is 4. The van der Waals surface area contributed by atoms with Crippen LogP contribution in [0.1, 0.15) is 19.3 Å². The lowest BCUT2D eigenvalue weighted by molar-refractivity contribution is -0.162. The van der Waals surface area contributed by atoms with E-state index in [9.17, 15) is 0 Å². The van der Waals surface area contributed by atoms with Crippen molar-refractivity contribution in [3.05, 3.63) is 0 Å². The topological polar surface area (TPSA) is 22.2 Å². The zero-order valence-electron chi connectivity index (χ0n) is 12.3. The van der Waals surface area contributed by atoms with Crippen molar-refractivity contribution in [2.75, 3.05) is 66.1 Å². The van der Waals surface area contributed by atoms with Crippen LogP contribution in [0, 0.1) is 0 Å². The summed E-state index contributed by atoms with van der Waals surface area (Å²) in [6, 6.07) is 0. The fourth-order valence-corrected chi connectivity index (χ4v) is 3.53. The molecule has 19 heavy (non-hydrogen) atoms. The predicted octanol–water partition coefficient (Wildman–Crippen LogP) is 0.293. The molecular weight excluding hydrogens is 240 g/mol. The van der Waals surface area contributed by atoms with E-state index in [1.807, 2.05) is 0 Å². The second kappa shape index (κ2) is 6.50. The first-order valence-corrected chi connectivity index (χ1v) is 7.86. The number of morpholine rings is 1. The summed E-state index contributed by atoms with van der Waals surface area (Å²) in [4.78, 5) is 5.09. The lowest BCUT2D eigenvalue weighted by Crippen LogP contribution is -2.66. The molecule has 0 amide bonds. The Hall–Kier alpha value is -0.200. The lowest BCUT2D eigenvalue weighted by Gasteiger charge is -2.51. The fraction of sp³-hybridized carbons (Fsp3) is 1.00. The van der Waals surface area contributed by atoms with E-state index in [-0.39, 0.29) is 0 Å². The number of rotatable bonds is 2. The number of piperidine rings is 1. The first-order valence-electron chi connectivity index (χ1n) is 7.86. The van der Waals surface area contributed by atoms with E-state index in [2.05, 4.69) is 26.9 Å². The van der Waals surface area contributed by atoms with E-state index in [1.54, 1.807) is 0 Å². The molecule has 0 aromatic heterocycles. The summed E-state index contributed by atoms with van der Waals surface area (Å²) in [5.41, 5.74) is 0. The van der Waals surface area contributed by atoms with Gasteiger partial charge in [0.05, 0.1) is 19.4 Å². The number of hydrazine groups is 1. The minimum atomic E-state index is 0.556. The third kappa shape index (κ3) is 3.28. The molecule has 3 fully saturated rings. The Morgan fingerprint density at radius 1 is 0.842 bits per heavy atom. The van der Waals surface area contributed by atoms with Gasteiger partial charge in [-0.1, -0.05) is 6.42 Å². The van der Waals surface area contributed by atoms with Crippen LogP contribution in [0.4, 0.5) is 0 Å². The minimum absolute atomic E-state index is 0.556. The summed E-state index contributed by atoms with van der Waals surface area (Å²) in [5, 5.41) is 5.28. The van der Waals surface area contributed by atoms with Crippen molar-refractivity contribution in [2.45, 2.75) is 25.4 Å². The molecule has 3 aliphatic rings. The number of piperazine rings is 1. The number of hydrogen-bond donors (Lipinski definition) is 0. The monoisotopic (exact) mass is 268 g/mol. The van der Waals surface area contributed by atoms with Crippen LogP contribution in [0.2, 0.25) is 0 Å². The van der Waals surface area contributed by atoms with Crippen LogP contribution in [0.5, 0.6) is 0 Å². The molecule has 0 aromatic rings. The van der Waals surface area contributed by atoms with Crippen molar-refractivity contribution in [3.8, 4) is 0 Å². The molecule has 0 saturated carbocycles. The van der Waals surface area contributed by atoms with E-state index >= 15 is 0 Å². The molecule has 0 spiro atoms. The number of ether oxygens (including phenoxy) is 1. The summed E-state index contributed by atoms with van der Waals surface area (Å²) in [6.45, 7) is 10.0. The van der Waals surface area contributed by atoms with Crippen LogP contribution >= 0.6 is 0 Å². The van der Waals surface area contributed by atoms with Crippen molar-refractivity contribution < 1.29 is 4.74 Å². The first-order chi connectivity index (χ1) is 9.34. The van der Waals surface area contributed by atoms with Gasteiger partial charge >= 0.3 is 0 Å². The highest BCUT2D eigenvalue weighted by molar-refractivity contribution is 4.82. The van der Waals surface area contributed by atoms with Gasteiger partial charge in [-0.25, -0.2) is 10.0 Å². The third-order valence-electron chi connectivity index (χ3n) is 4.69. The maximum absolute atomic E-state index is 5.51. The zero-order valence-corrected chi connectivity index (χ0v) is 12.3. The van der Waals surface area contributed by atoms with Gasteiger partial charge in [-0.15, -0.1) is 0 Å². The molecule has 1 unspecified atom stereocenters. The Balaban J connectivity index is 1.67. The molecule has 3 saturated heterocycles. The van der Waals surface area contributed by atoms with Gasteiger partial charge in [0.15, 0.2) is 0 Å². The van der Waals surface area contributed by atoms with Crippen molar-refractivity contribution in [1.29, 1.82) is 0 Å². The van der Waals surface area contributed by atoms with Gasteiger partial charge in [-0.3, -0.25) is 4.90 Å². The molecule has 1 atom stereocenters. The van der Waals surface area contributed by atoms with Gasteiger partial charge in [0.1, 0.15) is 0 Å². The van der Waals surface area contributed by atoms with Gasteiger partial charge in [0.2, 0.25) is 0 Å². The van der Waals surface area contributed by atoms with E-state index < -0.39 is 0 Å². The van der Waals surface area contributed by atoms with E-state index in [0.29, 0.717) is 6.17 Å². The smallest absolute Gasteiger partial charge is 0.0890 e. The van der Waals surface area contributed by atoms with Gasteiger partial charge in [-0.05, 0) is 19.9 Å². The molecular formula is C14H28N4O. The Morgan fingerprint density at radius 2 is 1.58 bits per heavy atom. The largest absolute Gasteiger partial charge is 0.379 e. The highest BCUT2D eigenvalue weighted by atomic mass is 16.5. The Morgan fingerprint density at radius 3 is 2.32 bits per heavy atom. The van der Waals surface area contributed by atoms with E-state index in [4.69, 9.17) is 4.74 Å². The molecule has 0 aromatic carbocycles. The second-order valence-corrected chi connectivity index (χ2v) is 6.07. The van der Waals surface area contributed by atoms with Gasteiger partial charge in [0, 0.05) is 45.8 Å². The first kappa shape index (κ1) is 13.8. The fourth-order valence-electron chi connectivity index (χ4n) is 3.53. The summed E-state index contributed by atoms with van der Waals surface area (Å²) < 4.78 is 5.51. The number of hydrogen-bond acceptors (Lipinski definition) is 5. The molecule has 0 radical (unpaired) electrons. The Labute approximate surface area is 117 Å².